The molecule has 1 aliphatic heterocycles. The van der Waals surface area contributed by atoms with E-state index in [0.717, 1.165) is 18.9 Å². The number of carbonyl (C=O) groups is 1. The highest BCUT2D eigenvalue weighted by Gasteiger charge is 2.28. The molecule has 2 fully saturated rings. The summed E-state index contributed by atoms with van der Waals surface area (Å²) in [5.74, 6) is 2.21. The lowest BCUT2D eigenvalue weighted by atomic mass is 9.89. The number of benzene rings is 1. The first-order valence-electron chi connectivity index (χ1n) is 10.5. The molecule has 1 aliphatic carbocycles. The van der Waals surface area contributed by atoms with E-state index in [1.807, 2.05) is 0 Å². The van der Waals surface area contributed by atoms with Crippen molar-refractivity contribution in [2.75, 3.05) is 41.0 Å². The standard InChI is InChI=1S/C22H34N2O4/c1-26-19-12-17(13-20(27-2)21(19)28-3)22(25)23-14-18-10-7-11-24(18)15-16-8-5-4-6-9-16/h12-13,16,18H,4-11,14-15H2,1-3H3,(H,23,25). The minimum Gasteiger partial charge on any atom is -0.493 e. The van der Waals surface area contributed by atoms with Crippen LogP contribution in [0.2, 0.25) is 0 Å². The lowest BCUT2D eigenvalue weighted by Crippen LogP contribution is -2.42. The number of hydrogen-bond acceptors (Lipinski definition) is 5. The largest absolute Gasteiger partial charge is 0.493 e. The molecular weight excluding hydrogens is 356 g/mol. The van der Waals surface area contributed by atoms with E-state index in [1.165, 1.54) is 45.1 Å². The molecule has 1 amide bonds. The fourth-order valence-corrected chi connectivity index (χ4v) is 4.59. The van der Waals surface area contributed by atoms with Crippen molar-refractivity contribution in [3.05, 3.63) is 17.7 Å². The second-order valence-electron chi connectivity index (χ2n) is 7.92. The first kappa shape index (κ1) is 20.8. The van der Waals surface area contributed by atoms with Crippen molar-refractivity contribution in [3.63, 3.8) is 0 Å². The van der Waals surface area contributed by atoms with Crippen LogP contribution in [-0.4, -0.2) is 57.8 Å². The Morgan fingerprint density at radius 3 is 2.29 bits per heavy atom. The van der Waals surface area contributed by atoms with Crippen molar-refractivity contribution in [1.29, 1.82) is 0 Å². The zero-order valence-electron chi connectivity index (χ0n) is 17.5. The predicted octanol–water partition coefficient (Wildman–Crippen LogP) is 3.49. The van der Waals surface area contributed by atoms with Crippen LogP contribution in [-0.2, 0) is 0 Å². The van der Waals surface area contributed by atoms with E-state index >= 15 is 0 Å². The number of nitrogens with zero attached hydrogens (tertiary/aromatic N) is 1. The topological polar surface area (TPSA) is 60.0 Å². The van der Waals surface area contributed by atoms with Gasteiger partial charge in [0.15, 0.2) is 11.5 Å². The molecule has 0 spiro atoms. The Morgan fingerprint density at radius 1 is 1.00 bits per heavy atom. The molecule has 1 unspecified atom stereocenters. The zero-order chi connectivity index (χ0) is 19.9. The molecule has 0 bridgehead atoms. The Labute approximate surface area is 168 Å². The van der Waals surface area contributed by atoms with Gasteiger partial charge in [-0.1, -0.05) is 19.3 Å². The van der Waals surface area contributed by atoms with Crippen LogP contribution in [0.15, 0.2) is 12.1 Å². The van der Waals surface area contributed by atoms with Crippen LogP contribution < -0.4 is 19.5 Å². The van der Waals surface area contributed by atoms with E-state index in [2.05, 4.69) is 10.2 Å². The number of ether oxygens (including phenoxy) is 3. The molecule has 6 heteroatoms. The molecule has 28 heavy (non-hydrogen) atoms. The zero-order valence-corrected chi connectivity index (χ0v) is 17.5. The van der Waals surface area contributed by atoms with Crippen LogP contribution in [0.25, 0.3) is 0 Å². The van der Waals surface area contributed by atoms with Gasteiger partial charge in [0.05, 0.1) is 21.3 Å². The molecule has 1 heterocycles. The minimum absolute atomic E-state index is 0.108. The molecule has 1 aromatic carbocycles. The highest BCUT2D eigenvalue weighted by atomic mass is 16.5. The second kappa shape index (κ2) is 10.0. The van der Waals surface area contributed by atoms with E-state index < -0.39 is 0 Å². The van der Waals surface area contributed by atoms with E-state index in [1.54, 1.807) is 33.5 Å². The maximum absolute atomic E-state index is 12.8. The van der Waals surface area contributed by atoms with Crippen molar-refractivity contribution in [1.82, 2.24) is 10.2 Å². The summed E-state index contributed by atoms with van der Waals surface area (Å²) in [6.45, 7) is 3.02. The summed E-state index contributed by atoms with van der Waals surface area (Å²) in [5.41, 5.74) is 0.520. The molecule has 1 saturated heterocycles. The van der Waals surface area contributed by atoms with Gasteiger partial charge in [-0.25, -0.2) is 0 Å². The van der Waals surface area contributed by atoms with Gasteiger partial charge in [-0.3, -0.25) is 9.69 Å². The smallest absolute Gasteiger partial charge is 0.251 e. The third kappa shape index (κ3) is 4.90. The highest BCUT2D eigenvalue weighted by Crippen LogP contribution is 2.38. The fraction of sp³-hybridized carbons (Fsp3) is 0.682. The third-order valence-electron chi connectivity index (χ3n) is 6.14. The summed E-state index contributed by atoms with van der Waals surface area (Å²) in [6, 6.07) is 3.84. The normalized spacial score (nSPS) is 20.8. The van der Waals surface area contributed by atoms with Crippen LogP contribution in [0, 0.1) is 5.92 Å². The minimum atomic E-state index is -0.108. The molecule has 0 aromatic heterocycles. The van der Waals surface area contributed by atoms with Gasteiger partial charge in [-0.2, -0.15) is 0 Å². The molecular formula is C22H34N2O4. The van der Waals surface area contributed by atoms with Gasteiger partial charge in [0.25, 0.3) is 5.91 Å². The highest BCUT2D eigenvalue weighted by molar-refractivity contribution is 5.95. The summed E-state index contributed by atoms with van der Waals surface area (Å²) >= 11 is 0. The monoisotopic (exact) mass is 390 g/mol. The maximum atomic E-state index is 12.8. The summed E-state index contributed by atoms with van der Waals surface area (Å²) in [7, 11) is 4.67. The van der Waals surface area contributed by atoms with Crippen LogP contribution in [0.3, 0.4) is 0 Å². The lowest BCUT2D eigenvalue weighted by Gasteiger charge is -2.31. The van der Waals surface area contributed by atoms with Crippen LogP contribution in [0.4, 0.5) is 0 Å². The Kier molecular flexibility index (Phi) is 7.43. The number of nitrogens with one attached hydrogen (secondary N) is 1. The Hall–Kier alpha value is -1.95. The van der Waals surface area contributed by atoms with Gasteiger partial charge in [0.1, 0.15) is 0 Å². The van der Waals surface area contributed by atoms with E-state index in [4.69, 9.17) is 14.2 Å². The molecule has 1 saturated carbocycles. The van der Waals surface area contributed by atoms with Crippen molar-refractivity contribution in [3.8, 4) is 17.2 Å². The SMILES string of the molecule is COc1cc(C(=O)NCC2CCCN2CC2CCCCC2)cc(OC)c1OC. The van der Waals surface area contributed by atoms with Crippen molar-refractivity contribution < 1.29 is 19.0 Å². The Morgan fingerprint density at radius 2 is 1.68 bits per heavy atom. The van der Waals surface area contributed by atoms with Crippen LogP contribution >= 0.6 is 0 Å². The number of likely N-dealkylation sites (tertiary alicyclic amines) is 1. The Balaban J connectivity index is 1.60. The van der Waals surface area contributed by atoms with E-state index in [9.17, 15) is 4.79 Å². The van der Waals surface area contributed by atoms with Gasteiger partial charge in [0.2, 0.25) is 5.75 Å². The first-order chi connectivity index (χ1) is 13.7. The molecule has 1 atom stereocenters. The molecule has 6 nitrogen and oxygen atoms in total. The molecule has 1 aromatic rings. The molecule has 2 aliphatic rings. The number of amides is 1. The molecule has 3 rings (SSSR count). The number of hydrogen-bond donors (Lipinski definition) is 1. The van der Waals surface area contributed by atoms with Gasteiger partial charge in [-0.15, -0.1) is 0 Å². The van der Waals surface area contributed by atoms with Gasteiger partial charge >= 0.3 is 0 Å². The molecule has 156 valence electrons. The predicted molar refractivity (Wildman–Crippen MR) is 110 cm³/mol. The van der Waals surface area contributed by atoms with E-state index in [-0.39, 0.29) is 5.91 Å². The molecule has 1 N–H and O–H groups in total. The number of methoxy groups -OCH3 is 3. The van der Waals surface area contributed by atoms with Gasteiger partial charge in [0, 0.05) is 24.7 Å². The third-order valence-corrected chi connectivity index (χ3v) is 6.14. The average molecular weight is 391 g/mol. The molecule has 0 radical (unpaired) electrons. The van der Waals surface area contributed by atoms with Crippen molar-refractivity contribution in [2.45, 2.75) is 51.0 Å². The number of rotatable bonds is 8. The maximum Gasteiger partial charge on any atom is 0.251 e. The first-order valence-corrected chi connectivity index (χ1v) is 10.5. The van der Waals surface area contributed by atoms with Gasteiger partial charge < -0.3 is 19.5 Å². The summed E-state index contributed by atoms with van der Waals surface area (Å²) in [5, 5.41) is 3.12. The fourth-order valence-electron chi connectivity index (χ4n) is 4.59. The number of carbonyl (C=O) groups excluding carboxylic acids is 1. The summed E-state index contributed by atoms with van der Waals surface area (Å²) < 4.78 is 16.0. The van der Waals surface area contributed by atoms with Crippen molar-refractivity contribution in [2.24, 2.45) is 5.92 Å². The van der Waals surface area contributed by atoms with Gasteiger partial charge in [-0.05, 0) is 50.3 Å². The quantitative estimate of drug-likeness (QED) is 0.736. The van der Waals surface area contributed by atoms with Crippen LogP contribution in [0.1, 0.15) is 55.3 Å². The average Bonchev–Trinajstić information content (AvgIpc) is 3.18. The second-order valence-corrected chi connectivity index (χ2v) is 7.92. The van der Waals surface area contributed by atoms with E-state index in [0.29, 0.717) is 35.4 Å². The van der Waals surface area contributed by atoms with Crippen molar-refractivity contribution >= 4 is 5.91 Å². The summed E-state index contributed by atoms with van der Waals surface area (Å²) in [6.07, 6.45) is 9.24. The Bertz CT molecular complexity index is 633. The summed E-state index contributed by atoms with van der Waals surface area (Å²) in [4.78, 5) is 15.3. The van der Waals surface area contributed by atoms with Crippen LogP contribution in [0.5, 0.6) is 17.2 Å². The lowest BCUT2D eigenvalue weighted by molar-refractivity contribution is 0.0935.